The van der Waals surface area contributed by atoms with Crippen molar-refractivity contribution in [3.8, 4) is 0 Å². The molecule has 1 heterocycles. The van der Waals surface area contributed by atoms with Crippen LogP contribution < -0.4 is 5.73 Å². The molecule has 0 aliphatic carbocycles. The van der Waals surface area contributed by atoms with Gasteiger partial charge in [-0.3, -0.25) is 4.90 Å². The van der Waals surface area contributed by atoms with Crippen LogP contribution in [0.2, 0.25) is 0 Å². The van der Waals surface area contributed by atoms with Gasteiger partial charge < -0.3 is 15.2 Å². The van der Waals surface area contributed by atoms with Crippen molar-refractivity contribution < 1.29 is 9.47 Å². The first-order valence-electron chi connectivity index (χ1n) is 6.17. The van der Waals surface area contributed by atoms with Gasteiger partial charge >= 0.3 is 0 Å². The molecule has 0 aromatic rings. The van der Waals surface area contributed by atoms with E-state index in [0.29, 0.717) is 13.2 Å². The molecule has 1 unspecified atom stereocenters. The van der Waals surface area contributed by atoms with Gasteiger partial charge in [0.15, 0.2) is 0 Å². The highest BCUT2D eigenvalue weighted by Gasteiger charge is 2.38. The summed E-state index contributed by atoms with van der Waals surface area (Å²) in [5.74, 6) is 0. The maximum atomic E-state index is 5.96. The van der Waals surface area contributed by atoms with Gasteiger partial charge in [-0.05, 0) is 20.3 Å². The van der Waals surface area contributed by atoms with Crippen LogP contribution in [0.5, 0.6) is 0 Å². The van der Waals surface area contributed by atoms with Gasteiger partial charge in [-0.2, -0.15) is 0 Å². The van der Waals surface area contributed by atoms with E-state index in [2.05, 4.69) is 25.7 Å². The van der Waals surface area contributed by atoms with Crippen molar-refractivity contribution in [2.24, 2.45) is 5.73 Å². The Kier molecular flexibility index (Phi) is 5.18. The van der Waals surface area contributed by atoms with E-state index in [1.807, 2.05) is 0 Å². The number of nitrogens with two attached hydrogens (primary N) is 1. The highest BCUT2D eigenvalue weighted by molar-refractivity contribution is 4.93. The van der Waals surface area contributed by atoms with Gasteiger partial charge in [0.25, 0.3) is 0 Å². The molecule has 0 radical (unpaired) electrons. The van der Waals surface area contributed by atoms with Crippen LogP contribution in [-0.2, 0) is 9.47 Å². The molecule has 0 amide bonds. The van der Waals surface area contributed by atoms with Crippen molar-refractivity contribution in [2.45, 2.75) is 44.9 Å². The van der Waals surface area contributed by atoms with E-state index in [9.17, 15) is 0 Å². The van der Waals surface area contributed by atoms with Crippen molar-refractivity contribution >= 4 is 0 Å². The van der Waals surface area contributed by atoms with Gasteiger partial charge in [0.1, 0.15) is 0 Å². The van der Waals surface area contributed by atoms with Crippen LogP contribution in [0, 0.1) is 0 Å². The fourth-order valence-corrected chi connectivity index (χ4v) is 2.58. The van der Waals surface area contributed by atoms with Crippen LogP contribution in [0.1, 0.15) is 27.2 Å². The van der Waals surface area contributed by atoms with Crippen LogP contribution in [0.3, 0.4) is 0 Å². The number of morpholine rings is 1. The molecule has 4 nitrogen and oxygen atoms in total. The van der Waals surface area contributed by atoms with Crippen molar-refractivity contribution in [3.63, 3.8) is 0 Å². The molecule has 1 saturated heterocycles. The van der Waals surface area contributed by atoms with Crippen molar-refractivity contribution in [1.82, 2.24) is 4.90 Å². The molecule has 1 aliphatic rings. The minimum atomic E-state index is -0.0267. The van der Waals surface area contributed by atoms with Crippen molar-refractivity contribution in [1.29, 1.82) is 0 Å². The number of rotatable bonds is 5. The molecule has 0 spiro atoms. The lowest BCUT2D eigenvalue weighted by atomic mass is 9.93. The van der Waals surface area contributed by atoms with Gasteiger partial charge in [-0.1, -0.05) is 6.92 Å². The molecule has 96 valence electrons. The van der Waals surface area contributed by atoms with Gasteiger partial charge in [0, 0.05) is 26.7 Å². The molecule has 0 aromatic heterocycles. The largest absolute Gasteiger partial charge is 0.383 e. The molecule has 1 rings (SSSR count). The predicted octanol–water partition coefficient (Wildman–Crippen LogP) is 0.850. The Morgan fingerprint density at radius 2 is 1.94 bits per heavy atom. The van der Waals surface area contributed by atoms with E-state index >= 15 is 0 Å². The van der Waals surface area contributed by atoms with Crippen LogP contribution in [0.25, 0.3) is 0 Å². The van der Waals surface area contributed by atoms with Crippen molar-refractivity contribution in [3.05, 3.63) is 0 Å². The minimum absolute atomic E-state index is 0.0267. The summed E-state index contributed by atoms with van der Waals surface area (Å²) in [5, 5.41) is 0. The zero-order valence-electron chi connectivity index (χ0n) is 11.0. The Morgan fingerprint density at radius 3 is 2.31 bits per heavy atom. The Labute approximate surface area is 99.1 Å². The summed E-state index contributed by atoms with van der Waals surface area (Å²) in [6.07, 6.45) is 1.56. The molecular weight excluding hydrogens is 204 g/mol. The van der Waals surface area contributed by atoms with Gasteiger partial charge in [-0.15, -0.1) is 0 Å². The Hall–Kier alpha value is -0.160. The first kappa shape index (κ1) is 13.9. The highest BCUT2D eigenvalue weighted by atomic mass is 16.5. The van der Waals surface area contributed by atoms with Crippen LogP contribution in [0.15, 0.2) is 0 Å². The van der Waals surface area contributed by atoms with E-state index in [-0.39, 0.29) is 17.7 Å². The summed E-state index contributed by atoms with van der Waals surface area (Å²) in [6.45, 7) is 9.63. The maximum absolute atomic E-state index is 5.96. The van der Waals surface area contributed by atoms with E-state index in [0.717, 1.165) is 19.5 Å². The Bertz CT molecular complexity index is 197. The molecule has 1 aliphatic heterocycles. The topological polar surface area (TPSA) is 47.7 Å². The molecule has 4 heteroatoms. The van der Waals surface area contributed by atoms with E-state index < -0.39 is 0 Å². The lowest BCUT2D eigenvalue weighted by Crippen LogP contribution is -2.62. The number of nitrogens with zero attached hydrogens (tertiary/aromatic N) is 1. The highest BCUT2D eigenvalue weighted by Crippen LogP contribution is 2.24. The Morgan fingerprint density at radius 1 is 1.38 bits per heavy atom. The van der Waals surface area contributed by atoms with Crippen LogP contribution in [-0.4, -0.2) is 56.0 Å². The minimum Gasteiger partial charge on any atom is -0.383 e. The summed E-state index contributed by atoms with van der Waals surface area (Å²) in [6, 6.07) is 0. The summed E-state index contributed by atoms with van der Waals surface area (Å²) in [7, 11) is 1.74. The van der Waals surface area contributed by atoms with Gasteiger partial charge in [0.2, 0.25) is 0 Å². The first-order valence-corrected chi connectivity index (χ1v) is 6.17. The van der Waals surface area contributed by atoms with E-state index in [1.54, 1.807) is 7.11 Å². The second-order valence-electron chi connectivity index (χ2n) is 4.88. The summed E-state index contributed by atoms with van der Waals surface area (Å²) < 4.78 is 11.1. The molecule has 0 bridgehead atoms. The second-order valence-corrected chi connectivity index (χ2v) is 4.88. The molecule has 0 aromatic carbocycles. The standard InChI is InChI=1S/C12H26N2O2/c1-5-12(8-13,9-15-4)14-6-10(2)16-11(3)7-14/h10-11H,5-9,13H2,1-4H3/t10-,11+,12?. The fraction of sp³-hybridized carbons (Fsp3) is 1.00. The quantitative estimate of drug-likeness (QED) is 0.760. The third kappa shape index (κ3) is 2.94. The third-order valence-electron chi connectivity index (χ3n) is 3.54. The summed E-state index contributed by atoms with van der Waals surface area (Å²) in [4.78, 5) is 2.44. The van der Waals surface area contributed by atoms with E-state index in [4.69, 9.17) is 15.2 Å². The van der Waals surface area contributed by atoms with Gasteiger partial charge in [0.05, 0.1) is 24.4 Å². The van der Waals surface area contributed by atoms with E-state index in [1.165, 1.54) is 0 Å². The smallest absolute Gasteiger partial charge is 0.0678 e. The molecule has 0 saturated carbocycles. The molecule has 3 atom stereocenters. The predicted molar refractivity (Wildman–Crippen MR) is 65.5 cm³/mol. The normalized spacial score (nSPS) is 31.3. The molecule has 16 heavy (non-hydrogen) atoms. The zero-order chi connectivity index (χ0) is 12.2. The molecule has 1 fully saturated rings. The second kappa shape index (κ2) is 5.96. The van der Waals surface area contributed by atoms with Gasteiger partial charge in [-0.25, -0.2) is 0 Å². The van der Waals surface area contributed by atoms with Crippen LogP contribution >= 0.6 is 0 Å². The number of hydrogen-bond donors (Lipinski definition) is 1. The lowest BCUT2D eigenvalue weighted by Gasteiger charge is -2.47. The number of hydrogen-bond acceptors (Lipinski definition) is 4. The number of methoxy groups -OCH3 is 1. The third-order valence-corrected chi connectivity index (χ3v) is 3.54. The lowest BCUT2D eigenvalue weighted by molar-refractivity contribution is -0.114. The average molecular weight is 230 g/mol. The van der Waals surface area contributed by atoms with Crippen molar-refractivity contribution in [2.75, 3.05) is 33.4 Å². The molecular formula is C12H26N2O2. The average Bonchev–Trinajstić information content (AvgIpc) is 2.24. The SMILES string of the molecule is CCC(CN)(COC)N1C[C@@H](C)O[C@@H](C)C1. The summed E-state index contributed by atoms with van der Waals surface area (Å²) >= 11 is 0. The maximum Gasteiger partial charge on any atom is 0.0678 e. The Balaban J connectivity index is 2.76. The number of ether oxygens (including phenoxy) is 2. The first-order chi connectivity index (χ1) is 7.57. The van der Waals surface area contributed by atoms with Crippen LogP contribution in [0.4, 0.5) is 0 Å². The monoisotopic (exact) mass is 230 g/mol. The zero-order valence-corrected chi connectivity index (χ0v) is 11.0. The summed E-state index contributed by atoms with van der Waals surface area (Å²) in [5.41, 5.74) is 5.94. The molecule has 2 N–H and O–H groups in total. The fourth-order valence-electron chi connectivity index (χ4n) is 2.58.